The molecule has 1 aliphatic heterocycles. The molecule has 6 nitrogen and oxygen atoms in total. The lowest BCUT2D eigenvalue weighted by atomic mass is 10.1. The molecule has 2 amide bonds. The minimum absolute atomic E-state index is 0.113. The quantitative estimate of drug-likeness (QED) is 0.771. The molecule has 0 spiro atoms. The number of nitrogens with one attached hydrogen (secondary N) is 3. The van der Waals surface area contributed by atoms with Crippen molar-refractivity contribution in [2.75, 3.05) is 25.5 Å². The average Bonchev–Trinajstić information content (AvgIpc) is 2.69. The van der Waals surface area contributed by atoms with Gasteiger partial charge in [-0.1, -0.05) is 12.1 Å². The van der Waals surface area contributed by atoms with Crippen LogP contribution in [0.25, 0.3) is 0 Å². The Balaban J connectivity index is 1.71. The van der Waals surface area contributed by atoms with Gasteiger partial charge in [0.15, 0.2) is 0 Å². The second-order valence-corrected chi connectivity index (χ2v) is 6.24. The number of anilines is 1. The molecule has 0 aliphatic carbocycles. The Morgan fingerprint density at radius 1 is 1.08 bits per heavy atom. The van der Waals surface area contributed by atoms with Gasteiger partial charge in [-0.25, -0.2) is 0 Å². The first-order valence-electron chi connectivity index (χ1n) is 8.73. The summed E-state index contributed by atoms with van der Waals surface area (Å²) < 4.78 is 5.10. The van der Waals surface area contributed by atoms with Gasteiger partial charge in [-0.3, -0.25) is 9.59 Å². The van der Waals surface area contributed by atoms with Crippen LogP contribution in [0, 0.1) is 0 Å². The van der Waals surface area contributed by atoms with Crippen molar-refractivity contribution in [3.63, 3.8) is 0 Å². The molecule has 0 unspecified atom stereocenters. The summed E-state index contributed by atoms with van der Waals surface area (Å²) >= 11 is 0. The smallest absolute Gasteiger partial charge is 0.255 e. The van der Waals surface area contributed by atoms with Crippen molar-refractivity contribution in [2.24, 2.45) is 0 Å². The molecule has 1 atom stereocenters. The lowest BCUT2D eigenvalue weighted by Crippen LogP contribution is -2.45. The molecule has 0 radical (unpaired) electrons. The van der Waals surface area contributed by atoms with Gasteiger partial charge in [-0.05, 0) is 55.8 Å². The lowest BCUT2D eigenvalue weighted by molar-refractivity contribution is 0.0931. The summed E-state index contributed by atoms with van der Waals surface area (Å²) in [5.74, 6) is 0.235. The van der Waals surface area contributed by atoms with Crippen molar-refractivity contribution in [2.45, 2.75) is 18.9 Å². The van der Waals surface area contributed by atoms with Gasteiger partial charge in [0.2, 0.25) is 0 Å². The maximum atomic E-state index is 12.6. The number of carbonyl (C=O) groups excluding carboxylic acids is 2. The summed E-state index contributed by atoms with van der Waals surface area (Å²) in [5.41, 5.74) is 1.45. The van der Waals surface area contributed by atoms with Crippen molar-refractivity contribution >= 4 is 17.5 Å². The number of ether oxygens (including phenoxy) is 1. The standard InChI is InChI=1S/C20H23N3O3/c1-26-16-10-8-14(9-11-16)19(24)23-18-7-3-2-6-17(18)20(25)22-15-5-4-12-21-13-15/h2-3,6-11,15,21H,4-5,12-13H2,1H3,(H,22,25)(H,23,24)/t15-/m0/s1. The van der Waals surface area contributed by atoms with E-state index in [0.29, 0.717) is 22.6 Å². The van der Waals surface area contributed by atoms with Crippen LogP contribution >= 0.6 is 0 Å². The van der Waals surface area contributed by atoms with Gasteiger partial charge < -0.3 is 20.7 Å². The molecule has 0 saturated carbocycles. The van der Waals surface area contributed by atoms with Crippen LogP contribution in [0.15, 0.2) is 48.5 Å². The highest BCUT2D eigenvalue weighted by atomic mass is 16.5. The third-order valence-corrected chi connectivity index (χ3v) is 4.40. The summed E-state index contributed by atoms with van der Waals surface area (Å²) in [4.78, 5) is 25.1. The number of rotatable bonds is 5. The van der Waals surface area contributed by atoms with E-state index in [9.17, 15) is 9.59 Å². The zero-order valence-electron chi connectivity index (χ0n) is 14.7. The SMILES string of the molecule is COc1ccc(C(=O)Nc2ccccc2C(=O)N[C@H]2CCCNC2)cc1. The topological polar surface area (TPSA) is 79.5 Å². The first-order valence-corrected chi connectivity index (χ1v) is 8.73. The van der Waals surface area contributed by atoms with Crippen molar-refractivity contribution in [3.05, 3.63) is 59.7 Å². The van der Waals surface area contributed by atoms with Gasteiger partial charge in [-0.2, -0.15) is 0 Å². The summed E-state index contributed by atoms with van der Waals surface area (Å²) in [6.45, 7) is 1.76. The van der Waals surface area contributed by atoms with E-state index in [2.05, 4.69) is 16.0 Å². The molecular formula is C20H23N3O3. The van der Waals surface area contributed by atoms with Crippen LogP contribution in [-0.4, -0.2) is 38.1 Å². The number of piperidine rings is 1. The highest BCUT2D eigenvalue weighted by molar-refractivity contribution is 6.09. The molecule has 6 heteroatoms. The molecule has 1 heterocycles. The molecule has 1 saturated heterocycles. The maximum absolute atomic E-state index is 12.6. The lowest BCUT2D eigenvalue weighted by Gasteiger charge is -2.24. The van der Waals surface area contributed by atoms with Crippen LogP contribution in [0.1, 0.15) is 33.6 Å². The van der Waals surface area contributed by atoms with E-state index in [0.717, 1.165) is 25.9 Å². The number of carbonyl (C=O) groups is 2. The van der Waals surface area contributed by atoms with E-state index in [1.54, 1.807) is 55.6 Å². The van der Waals surface area contributed by atoms with Gasteiger partial charge >= 0.3 is 0 Å². The van der Waals surface area contributed by atoms with E-state index in [1.807, 2.05) is 0 Å². The molecule has 3 rings (SSSR count). The van der Waals surface area contributed by atoms with Crippen molar-refractivity contribution < 1.29 is 14.3 Å². The average molecular weight is 353 g/mol. The Morgan fingerprint density at radius 2 is 1.85 bits per heavy atom. The number of methoxy groups -OCH3 is 1. The predicted octanol–water partition coefficient (Wildman–Crippen LogP) is 2.43. The summed E-state index contributed by atoms with van der Waals surface area (Å²) in [6, 6.07) is 14.0. The van der Waals surface area contributed by atoms with Crippen molar-refractivity contribution in [1.29, 1.82) is 0 Å². The summed E-state index contributed by atoms with van der Waals surface area (Å²) in [6.07, 6.45) is 2.00. The normalized spacial score (nSPS) is 16.6. The second-order valence-electron chi connectivity index (χ2n) is 6.24. The van der Waals surface area contributed by atoms with Crippen LogP contribution < -0.4 is 20.7 Å². The Morgan fingerprint density at radius 3 is 2.54 bits per heavy atom. The number of para-hydroxylation sites is 1. The third kappa shape index (κ3) is 4.40. The van der Waals surface area contributed by atoms with E-state index in [1.165, 1.54) is 0 Å². The van der Waals surface area contributed by atoms with Gasteiger partial charge in [-0.15, -0.1) is 0 Å². The number of hydrogen-bond donors (Lipinski definition) is 3. The van der Waals surface area contributed by atoms with Gasteiger partial charge in [0.05, 0.1) is 18.4 Å². The zero-order valence-corrected chi connectivity index (χ0v) is 14.7. The Labute approximate surface area is 152 Å². The highest BCUT2D eigenvalue weighted by Crippen LogP contribution is 2.18. The first-order chi connectivity index (χ1) is 12.7. The van der Waals surface area contributed by atoms with Crippen LogP contribution in [0.2, 0.25) is 0 Å². The molecule has 1 aliphatic rings. The fourth-order valence-electron chi connectivity index (χ4n) is 2.97. The molecule has 1 fully saturated rings. The van der Waals surface area contributed by atoms with Gasteiger partial charge in [0, 0.05) is 18.2 Å². The van der Waals surface area contributed by atoms with Crippen molar-refractivity contribution in [3.8, 4) is 5.75 Å². The van der Waals surface area contributed by atoms with Gasteiger partial charge in [0.1, 0.15) is 5.75 Å². The maximum Gasteiger partial charge on any atom is 0.255 e. The number of benzene rings is 2. The second kappa shape index (κ2) is 8.49. The predicted molar refractivity (Wildman–Crippen MR) is 101 cm³/mol. The summed E-state index contributed by atoms with van der Waals surface area (Å²) in [5, 5.41) is 9.14. The Bertz CT molecular complexity index is 768. The van der Waals surface area contributed by atoms with Crippen LogP contribution in [0.5, 0.6) is 5.75 Å². The molecule has 0 aromatic heterocycles. The monoisotopic (exact) mass is 353 g/mol. The van der Waals surface area contributed by atoms with Gasteiger partial charge in [0.25, 0.3) is 11.8 Å². The Hall–Kier alpha value is -2.86. The van der Waals surface area contributed by atoms with Crippen LogP contribution in [-0.2, 0) is 0 Å². The molecule has 2 aromatic carbocycles. The van der Waals surface area contributed by atoms with E-state index in [4.69, 9.17) is 4.74 Å². The first kappa shape index (κ1) is 17.9. The molecule has 2 aromatic rings. The highest BCUT2D eigenvalue weighted by Gasteiger charge is 2.19. The number of amides is 2. The number of hydrogen-bond acceptors (Lipinski definition) is 4. The Kier molecular flexibility index (Phi) is 5.86. The van der Waals surface area contributed by atoms with E-state index >= 15 is 0 Å². The molecule has 0 bridgehead atoms. The fraction of sp³-hybridized carbons (Fsp3) is 0.300. The third-order valence-electron chi connectivity index (χ3n) is 4.40. The van der Waals surface area contributed by atoms with E-state index < -0.39 is 0 Å². The molecule has 26 heavy (non-hydrogen) atoms. The largest absolute Gasteiger partial charge is 0.497 e. The molecule has 136 valence electrons. The van der Waals surface area contributed by atoms with Crippen LogP contribution in [0.3, 0.4) is 0 Å². The summed E-state index contributed by atoms with van der Waals surface area (Å²) in [7, 11) is 1.58. The minimum atomic E-state index is -0.271. The van der Waals surface area contributed by atoms with E-state index in [-0.39, 0.29) is 17.9 Å². The molecular weight excluding hydrogens is 330 g/mol. The molecule has 3 N–H and O–H groups in total. The van der Waals surface area contributed by atoms with Crippen LogP contribution in [0.4, 0.5) is 5.69 Å². The zero-order chi connectivity index (χ0) is 18.4. The minimum Gasteiger partial charge on any atom is -0.497 e. The fourth-order valence-corrected chi connectivity index (χ4v) is 2.97. The van der Waals surface area contributed by atoms with Crippen molar-refractivity contribution in [1.82, 2.24) is 10.6 Å².